The molecular formula is C17H24N2O4. The lowest BCUT2D eigenvalue weighted by molar-refractivity contribution is -0.174. The van der Waals surface area contributed by atoms with E-state index in [9.17, 15) is 14.7 Å². The molecule has 2 aliphatic heterocycles. The summed E-state index contributed by atoms with van der Waals surface area (Å²) in [4.78, 5) is 26.2. The van der Waals surface area contributed by atoms with Crippen molar-refractivity contribution in [1.29, 1.82) is 0 Å². The molecule has 6 heteroatoms. The quantitative estimate of drug-likeness (QED) is 0.883. The minimum atomic E-state index is -0.485. The summed E-state index contributed by atoms with van der Waals surface area (Å²) >= 11 is 0. The van der Waals surface area contributed by atoms with E-state index in [2.05, 4.69) is 0 Å². The monoisotopic (exact) mass is 320 g/mol. The topological polar surface area (TPSA) is 71.8 Å². The number of amides is 1. The first kappa shape index (κ1) is 16.2. The Morgan fingerprint density at radius 2 is 2.17 bits per heavy atom. The van der Waals surface area contributed by atoms with Gasteiger partial charge in [0, 0.05) is 44.1 Å². The van der Waals surface area contributed by atoms with Gasteiger partial charge >= 0.3 is 0 Å². The van der Waals surface area contributed by atoms with E-state index in [1.54, 1.807) is 21.7 Å². The first-order valence-electron chi connectivity index (χ1n) is 8.37. The Morgan fingerprint density at radius 3 is 2.78 bits per heavy atom. The van der Waals surface area contributed by atoms with Crippen molar-refractivity contribution in [1.82, 2.24) is 9.47 Å². The van der Waals surface area contributed by atoms with Crippen molar-refractivity contribution in [3.63, 3.8) is 0 Å². The van der Waals surface area contributed by atoms with Crippen LogP contribution in [-0.2, 0) is 11.3 Å². The van der Waals surface area contributed by atoms with Crippen LogP contribution in [0.4, 0.5) is 0 Å². The second kappa shape index (κ2) is 6.45. The molecule has 0 bridgehead atoms. The lowest BCUT2D eigenvalue weighted by Crippen LogP contribution is -2.56. The maximum atomic E-state index is 12.6. The average molecular weight is 320 g/mol. The Labute approximate surface area is 135 Å². The highest BCUT2D eigenvalue weighted by Crippen LogP contribution is 2.35. The molecule has 126 valence electrons. The molecule has 2 aliphatic rings. The highest BCUT2D eigenvalue weighted by molar-refractivity contribution is 5.94. The van der Waals surface area contributed by atoms with Crippen molar-refractivity contribution >= 4 is 5.91 Å². The number of carbonyl (C=O) groups is 1. The maximum absolute atomic E-state index is 12.6. The summed E-state index contributed by atoms with van der Waals surface area (Å²) in [7, 11) is 0. The van der Waals surface area contributed by atoms with Gasteiger partial charge in [0.25, 0.3) is 11.5 Å². The van der Waals surface area contributed by atoms with Gasteiger partial charge in [0.2, 0.25) is 0 Å². The summed E-state index contributed by atoms with van der Waals surface area (Å²) in [5, 5.41) is 10.2. The second-order valence-corrected chi connectivity index (χ2v) is 6.40. The second-order valence-electron chi connectivity index (χ2n) is 6.40. The molecule has 0 saturated carbocycles. The smallest absolute Gasteiger partial charge is 0.254 e. The Hall–Kier alpha value is -1.66. The SMILES string of the molecule is CCn1ccc(C(=O)N2CCC3(CC2)OCCC[C@H]3O)cc1=O. The normalized spacial score (nSPS) is 23.9. The molecule has 3 heterocycles. The number of ether oxygens (including phenoxy) is 1. The number of piperidine rings is 1. The lowest BCUT2D eigenvalue weighted by atomic mass is 9.82. The van der Waals surface area contributed by atoms with Gasteiger partial charge in [-0.1, -0.05) is 0 Å². The third kappa shape index (κ3) is 3.05. The molecule has 1 atom stereocenters. The zero-order valence-electron chi connectivity index (χ0n) is 13.5. The van der Waals surface area contributed by atoms with E-state index < -0.39 is 11.7 Å². The summed E-state index contributed by atoms with van der Waals surface area (Å²) in [5.74, 6) is -0.120. The van der Waals surface area contributed by atoms with Gasteiger partial charge in [-0.2, -0.15) is 0 Å². The van der Waals surface area contributed by atoms with Crippen molar-refractivity contribution in [2.24, 2.45) is 0 Å². The molecule has 3 rings (SSSR count). The van der Waals surface area contributed by atoms with Gasteiger partial charge < -0.3 is 19.3 Å². The number of nitrogens with zero attached hydrogens (tertiary/aromatic N) is 2. The van der Waals surface area contributed by atoms with Crippen LogP contribution in [0, 0.1) is 0 Å². The molecule has 2 fully saturated rings. The van der Waals surface area contributed by atoms with Crippen LogP contribution in [0.2, 0.25) is 0 Å². The number of aromatic nitrogens is 1. The summed E-state index contributed by atoms with van der Waals surface area (Å²) in [6.45, 7) is 4.26. The van der Waals surface area contributed by atoms with E-state index in [1.807, 2.05) is 6.92 Å². The fourth-order valence-corrected chi connectivity index (χ4v) is 3.56. The van der Waals surface area contributed by atoms with Crippen LogP contribution in [0.5, 0.6) is 0 Å². The largest absolute Gasteiger partial charge is 0.390 e. The van der Waals surface area contributed by atoms with Gasteiger partial charge in [0.05, 0.1) is 11.7 Å². The summed E-state index contributed by atoms with van der Waals surface area (Å²) in [6, 6.07) is 3.10. The first-order valence-corrected chi connectivity index (χ1v) is 8.37. The van der Waals surface area contributed by atoms with E-state index in [-0.39, 0.29) is 11.5 Å². The Balaban J connectivity index is 1.68. The number of aryl methyl sites for hydroxylation is 1. The molecule has 2 saturated heterocycles. The van der Waals surface area contributed by atoms with Crippen molar-refractivity contribution < 1.29 is 14.6 Å². The van der Waals surface area contributed by atoms with Crippen molar-refractivity contribution in [2.75, 3.05) is 19.7 Å². The van der Waals surface area contributed by atoms with E-state index in [4.69, 9.17) is 4.74 Å². The summed E-state index contributed by atoms with van der Waals surface area (Å²) in [6.07, 6.45) is 4.16. The van der Waals surface area contributed by atoms with E-state index in [0.717, 1.165) is 12.8 Å². The van der Waals surface area contributed by atoms with E-state index in [1.165, 1.54) is 6.07 Å². The number of aliphatic hydroxyl groups excluding tert-OH is 1. The van der Waals surface area contributed by atoms with E-state index in [0.29, 0.717) is 44.6 Å². The van der Waals surface area contributed by atoms with Crippen LogP contribution in [0.25, 0.3) is 0 Å². The van der Waals surface area contributed by atoms with Gasteiger partial charge in [0.15, 0.2) is 0 Å². The fraction of sp³-hybridized carbons (Fsp3) is 0.647. The molecule has 23 heavy (non-hydrogen) atoms. The lowest BCUT2D eigenvalue weighted by Gasteiger charge is -2.46. The van der Waals surface area contributed by atoms with Gasteiger partial charge in [-0.25, -0.2) is 0 Å². The molecule has 0 radical (unpaired) electrons. The Kier molecular flexibility index (Phi) is 4.55. The zero-order chi connectivity index (χ0) is 16.4. The third-order valence-corrected chi connectivity index (χ3v) is 5.10. The number of hydrogen-bond acceptors (Lipinski definition) is 4. The van der Waals surface area contributed by atoms with Gasteiger partial charge in [0.1, 0.15) is 0 Å². The van der Waals surface area contributed by atoms with Crippen molar-refractivity contribution in [3.8, 4) is 0 Å². The van der Waals surface area contributed by atoms with Gasteiger partial charge in [-0.15, -0.1) is 0 Å². The number of pyridine rings is 1. The highest BCUT2D eigenvalue weighted by atomic mass is 16.5. The number of rotatable bonds is 2. The van der Waals surface area contributed by atoms with Crippen LogP contribution >= 0.6 is 0 Å². The minimum absolute atomic E-state index is 0.120. The number of likely N-dealkylation sites (tertiary alicyclic amines) is 1. The highest BCUT2D eigenvalue weighted by Gasteiger charge is 2.44. The van der Waals surface area contributed by atoms with Crippen LogP contribution in [0.1, 0.15) is 43.0 Å². The Morgan fingerprint density at radius 1 is 1.43 bits per heavy atom. The van der Waals surface area contributed by atoms with Crippen LogP contribution in [0.15, 0.2) is 23.1 Å². The van der Waals surface area contributed by atoms with Crippen molar-refractivity contribution in [2.45, 2.75) is 50.9 Å². The number of hydrogen-bond donors (Lipinski definition) is 1. The predicted molar refractivity (Wildman–Crippen MR) is 85.4 cm³/mol. The predicted octanol–water partition coefficient (Wildman–Crippen LogP) is 1.01. The summed E-state index contributed by atoms with van der Waals surface area (Å²) in [5.41, 5.74) is -0.209. The standard InChI is InChI=1S/C17H24N2O4/c1-2-18-8-5-13(12-15(18)21)16(22)19-9-6-17(7-10-19)14(20)4-3-11-23-17/h5,8,12,14,20H,2-4,6-7,9-11H2,1H3/t14-/m1/s1. The van der Waals surface area contributed by atoms with Gasteiger partial charge in [-0.05, 0) is 38.7 Å². The fourth-order valence-electron chi connectivity index (χ4n) is 3.56. The number of carbonyl (C=O) groups excluding carboxylic acids is 1. The van der Waals surface area contributed by atoms with Crippen LogP contribution < -0.4 is 5.56 Å². The molecular weight excluding hydrogens is 296 g/mol. The molecule has 1 N–H and O–H groups in total. The van der Waals surface area contributed by atoms with Gasteiger partial charge in [-0.3, -0.25) is 9.59 Å². The molecule has 1 spiro atoms. The van der Waals surface area contributed by atoms with Crippen LogP contribution in [-0.4, -0.2) is 51.9 Å². The third-order valence-electron chi connectivity index (χ3n) is 5.10. The number of aliphatic hydroxyl groups is 1. The van der Waals surface area contributed by atoms with E-state index >= 15 is 0 Å². The molecule has 1 aromatic heterocycles. The molecule has 0 unspecified atom stereocenters. The van der Waals surface area contributed by atoms with Crippen molar-refractivity contribution in [3.05, 3.63) is 34.2 Å². The molecule has 6 nitrogen and oxygen atoms in total. The summed E-state index contributed by atoms with van der Waals surface area (Å²) < 4.78 is 7.42. The molecule has 1 aromatic rings. The molecule has 1 amide bonds. The molecule has 0 aliphatic carbocycles. The average Bonchev–Trinajstić information content (AvgIpc) is 2.58. The zero-order valence-corrected chi connectivity index (χ0v) is 13.5. The Bertz CT molecular complexity index is 632. The first-order chi connectivity index (χ1) is 11.1. The minimum Gasteiger partial charge on any atom is -0.390 e. The van der Waals surface area contributed by atoms with Crippen LogP contribution in [0.3, 0.4) is 0 Å². The molecule has 0 aromatic carbocycles. The maximum Gasteiger partial charge on any atom is 0.254 e.